The van der Waals surface area contributed by atoms with Gasteiger partial charge in [-0.3, -0.25) is 4.72 Å². The number of aryl methyl sites for hydroxylation is 1. The molecule has 2 rings (SSSR count). The molecule has 1 aromatic carbocycles. The zero-order chi connectivity index (χ0) is 15.5. The molecule has 0 radical (unpaired) electrons. The van der Waals surface area contributed by atoms with Crippen LogP contribution in [0, 0.1) is 6.92 Å². The molecule has 2 aromatic rings. The molecule has 0 saturated heterocycles. The predicted molar refractivity (Wildman–Crippen MR) is 86.0 cm³/mol. The van der Waals surface area contributed by atoms with Crippen molar-refractivity contribution in [3.8, 4) is 0 Å². The van der Waals surface area contributed by atoms with Gasteiger partial charge in [-0.05, 0) is 37.3 Å². The Hall–Kier alpha value is -1.67. The fraction of sp³-hybridized carbons (Fsp3) is 0.308. The van der Waals surface area contributed by atoms with E-state index in [0.717, 1.165) is 17.1 Å². The molecular formula is C13H18N4O2S2. The van der Waals surface area contributed by atoms with Crippen molar-refractivity contribution in [2.24, 2.45) is 0 Å². The van der Waals surface area contributed by atoms with Crippen LogP contribution in [-0.2, 0) is 10.0 Å². The van der Waals surface area contributed by atoms with Gasteiger partial charge in [-0.2, -0.15) is 8.42 Å². The molecule has 0 bridgehead atoms. The van der Waals surface area contributed by atoms with Gasteiger partial charge in [0, 0.05) is 4.90 Å². The summed E-state index contributed by atoms with van der Waals surface area (Å²) in [6.45, 7) is 3.78. The van der Waals surface area contributed by atoms with E-state index in [2.05, 4.69) is 21.6 Å². The third-order valence-corrected chi connectivity index (χ3v) is 5.19. The molecule has 1 aromatic heterocycles. The van der Waals surface area contributed by atoms with Crippen molar-refractivity contribution in [2.45, 2.75) is 30.2 Å². The number of imidazole rings is 1. The normalized spacial score (nSPS) is 11.5. The van der Waals surface area contributed by atoms with E-state index in [-0.39, 0.29) is 5.03 Å². The molecule has 0 spiro atoms. The van der Waals surface area contributed by atoms with Crippen molar-refractivity contribution in [1.29, 1.82) is 0 Å². The van der Waals surface area contributed by atoms with Gasteiger partial charge in [-0.25, -0.2) is 4.98 Å². The number of nitrogens with zero attached hydrogens (tertiary/aromatic N) is 1. The Bertz CT molecular complexity index is 726. The topological polar surface area (TPSA) is 101 Å². The first kappa shape index (κ1) is 15.7. The molecule has 114 valence electrons. The molecule has 0 amide bonds. The summed E-state index contributed by atoms with van der Waals surface area (Å²) in [6.07, 6.45) is 2.33. The molecule has 21 heavy (non-hydrogen) atoms. The van der Waals surface area contributed by atoms with Crippen molar-refractivity contribution in [1.82, 2.24) is 9.97 Å². The molecule has 0 fully saturated rings. The van der Waals surface area contributed by atoms with Gasteiger partial charge in [0.25, 0.3) is 10.0 Å². The largest absolute Gasteiger partial charge is 0.397 e. The highest BCUT2D eigenvalue weighted by Crippen LogP contribution is 2.28. The second kappa shape index (κ2) is 6.40. The zero-order valence-electron chi connectivity index (χ0n) is 11.9. The Morgan fingerprint density at radius 3 is 2.81 bits per heavy atom. The van der Waals surface area contributed by atoms with Crippen LogP contribution in [0.2, 0.25) is 0 Å². The van der Waals surface area contributed by atoms with Gasteiger partial charge in [0.05, 0.1) is 17.6 Å². The number of thioether (sulfide) groups is 1. The molecule has 4 N–H and O–H groups in total. The Balaban J connectivity index is 2.26. The third-order valence-electron chi connectivity index (χ3n) is 2.71. The van der Waals surface area contributed by atoms with Crippen LogP contribution in [0.15, 0.2) is 34.3 Å². The van der Waals surface area contributed by atoms with E-state index in [1.165, 1.54) is 6.20 Å². The number of nitrogens with two attached hydrogens (primary N) is 1. The third kappa shape index (κ3) is 3.92. The molecule has 0 saturated carbocycles. The average Bonchev–Trinajstić information content (AvgIpc) is 2.87. The minimum Gasteiger partial charge on any atom is -0.397 e. The summed E-state index contributed by atoms with van der Waals surface area (Å²) in [6, 6.07) is 5.33. The number of H-pyrrole nitrogens is 1. The lowest BCUT2D eigenvalue weighted by atomic mass is 10.3. The lowest BCUT2D eigenvalue weighted by molar-refractivity contribution is 0.598. The quantitative estimate of drug-likeness (QED) is 0.559. The van der Waals surface area contributed by atoms with Gasteiger partial charge >= 0.3 is 0 Å². The van der Waals surface area contributed by atoms with Crippen LogP contribution in [0.3, 0.4) is 0 Å². The highest BCUT2D eigenvalue weighted by molar-refractivity contribution is 7.99. The SMILES string of the molecule is CCCSc1ccc(N)c(NS(=O)(=O)c2cnc(C)[nH]2)c1. The van der Waals surface area contributed by atoms with E-state index in [4.69, 9.17) is 5.73 Å². The lowest BCUT2D eigenvalue weighted by Gasteiger charge is -2.10. The van der Waals surface area contributed by atoms with Gasteiger partial charge in [0.15, 0.2) is 5.03 Å². The van der Waals surface area contributed by atoms with Crippen LogP contribution < -0.4 is 10.5 Å². The van der Waals surface area contributed by atoms with E-state index in [0.29, 0.717) is 17.2 Å². The molecule has 0 aliphatic rings. The van der Waals surface area contributed by atoms with Crippen molar-refractivity contribution in [3.63, 3.8) is 0 Å². The summed E-state index contributed by atoms with van der Waals surface area (Å²) < 4.78 is 27.0. The molecule has 0 aliphatic carbocycles. The smallest absolute Gasteiger partial charge is 0.279 e. The van der Waals surface area contributed by atoms with Gasteiger partial charge in [-0.15, -0.1) is 11.8 Å². The summed E-state index contributed by atoms with van der Waals surface area (Å²) in [4.78, 5) is 7.57. The Labute approximate surface area is 128 Å². The zero-order valence-corrected chi connectivity index (χ0v) is 13.5. The van der Waals surface area contributed by atoms with Crippen LogP contribution in [-0.4, -0.2) is 24.1 Å². The van der Waals surface area contributed by atoms with Gasteiger partial charge in [0.2, 0.25) is 0 Å². The predicted octanol–water partition coefficient (Wildman–Crippen LogP) is 2.60. The number of aromatic nitrogens is 2. The first-order chi connectivity index (χ1) is 9.92. The molecular weight excluding hydrogens is 308 g/mol. The number of benzene rings is 1. The van der Waals surface area contributed by atoms with Crippen LogP contribution in [0.4, 0.5) is 11.4 Å². The second-order valence-electron chi connectivity index (χ2n) is 4.54. The van der Waals surface area contributed by atoms with Crippen molar-refractivity contribution >= 4 is 33.2 Å². The van der Waals surface area contributed by atoms with E-state index in [9.17, 15) is 8.42 Å². The maximum absolute atomic E-state index is 12.2. The molecule has 6 nitrogen and oxygen atoms in total. The van der Waals surface area contributed by atoms with Crippen molar-refractivity contribution in [2.75, 3.05) is 16.2 Å². The number of sulfonamides is 1. The number of aromatic amines is 1. The number of anilines is 2. The van der Waals surface area contributed by atoms with Crippen LogP contribution in [0.25, 0.3) is 0 Å². The fourth-order valence-corrected chi connectivity index (χ4v) is 3.52. The average molecular weight is 326 g/mol. The maximum atomic E-state index is 12.2. The number of hydrogen-bond acceptors (Lipinski definition) is 5. The van der Waals surface area contributed by atoms with Gasteiger partial charge in [-0.1, -0.05) is 6.92 Å². The maximum Gasteiger partial charge on any atom is 0.279 e. The second-order valence-corrected chi connectivity index (χ2v) is 7.36. The van der Waals surface area contributed by atoms with E-state index < -0.39 is 10.0 Å². The number of hydrogen-bond donors (Lipinski definition) is 3. The van der Waals surface area contributed by atoms with Crippen LogP contribution in [0.5, 0.6) is 0 Å². The van der Waals surface area contributed by atoms with E-state index in [1.54, 1.807) is 30.8 Å². The summed E-state index contributed by atoms with van der Waals surface area (Å²) in [7, 11) is -3.71. The summed E-state index contributed by atoms with van der Waals surface area (Å²) in [5.41, 5.74) is 6.61. The van der Waals surface area contributed by atoms with Crippen LogP contribution >= 0.6 is 11.8 Å². The highest BCUT2D eigenvalue weighted by Gasteiger charge is 2.18. The summed E-state index contributed by atoms with van der Waals surface area (Å²) in [5.74, 6) is 1.51. The summed E-state index contributed by atoms with van der Waals surface area (Å²) >= 11 is 1.66. The minimum absolute atomic E-state index is 0.0195. The van der Waals surface area contributed by atoms with Gasteiger partial charge in [0.1, 0.15) is 5.82 Å². The van der Waals surface area contributed by atoms with E-state index >= 15 is 0 Å². The van der Waals surface area contributed by atoms with Gasteiger partial charge < -0.3 is 10.7 Å². The highest BCUT2D eigenvalue weighted by atomic mass is 32.2. The van der Waals surface area contributed by atoms with Crippen molar-refractivity contribution in [3.05, 3.63) is 30.2 Å². The fourth-order valence-electron chi connectivity index (χ4n) is 1.67. The molecule has 1 heterocycles. The first-order valence-electron chi connectivity index (χ1n) is 6.49. The number of nitrogens with one attached hydrogen (secondary N) is 2. The standard InChI is InChI=1S/C13H18N4O2S2/c1-3-6-20-10-4-5-11(14)12(7-10)17-21(18,19)13-8-15-9(2)16-13/h4-5,7-8,17H,3,6,14H2,1-2H3,(H,15,16). The minimum atomic E-state index is -3.71. The molecule has 0 unspecified atom stereocenters. The van der Waals surface area contributed by atoms with E-state index in [1.807, 2.05) is 6.07 Å². The molecule has 0 aliphatic heterocycles. The summed E-state index contributed by atoms with van der Waals surface area (Å²) in [5, 5.41) is 0.0195. The first-order valence-corrected chi connectivity index (χ1v) is 8.96. The lowest BCUT2D eigenvalue weighted by Crippen LogP contribution is -2.14. The Kier molecular flexibility index (Phi) is 4.79. The molecule has 8 heteroatoms. The number of nitrogen functional groups attached to an aromatic ring is 1. The Morgan fingerprint density at radius 1 is 1.43 bits per heavy atom. The van der Waals surface area contributed by atoms with Crippen molar-refractivity contribution < 1.29 is 8.42 Å². The van der Waals surface area contributed by atoms with Crippen LogP contribution in [0.1, 0.15) is 19.2 Å². The molecule has 0 atom stereocenters. The monoisotopic (exact) mass is 326 g/mol. The number of rotatable bonds is 6. The Morgan fingerprint density at radius 2 is 2.19 bits per heavy atom.